The number of fused-ring (bicyclic) bond motifs is 1. The van der Waals surface area contributed by atoms with Crippen molar-refractivity contribution in [1.29, 1.82) is 0 Å². The highest BCUT2D eigenvalue weighted by atomic mass is 16.5. The second kappa shape index (κ2) is 6.62. The summed E-state index contributed by atoms with van der Waals surface area (Å²) in [6, 6.07) is 16.2. The Morgan fingerprint density at radius 3 is 2.77 bits per heavy atom. The standard InChI is InChI=1S/C18H19NO3/c20-18(21)13-22-17-7-3-4-14(10-17)11-19-9-8-15-5-1-2-6-16(15)12-19/h1-7,10H,8-9,11-13H2,(H,20,21). The molecule has 0 aliphatic carbocycles. The fraction of sp³-hybridized carbons (Fsp3) is 0.278. The van der Waals surface area contributed by atoms with Crippen LogP contribution in [0.15, 0.2) is 48.5 Å². The summed E-state index contributed by atoms with van der Waals surface area (Å²) in [6.45, 7) is 2.64. The zero-order valence-corrected chi connectivity index (χ0v) is 12.4. The number of hydrogen-bond acceptors (Lipinski definition) is 3. The van der Waals surface area contributed by atoms with Crippen molar-refractivity contribution in [3.63, 3.8) is 0 Å². The molecule has 0 fully saturated rings. The molecule has 1 N–H and O–H groups in total. The molecule has 1 atom stereocenters. The van der Waals surface area contributed by atoms with Gasteiger partial charge in [-0.05, 0) is 17.7 Å². The molecule has 0 spiro atoms. The zero-order valence-electron chi connectivity index (χ0n) is 12.4. The van der Waals surface area contributed by atoms with Gasteiger partial charge >= 0.3 is 0 Å². The van der Waals surface area contributed by atoms with Crippen LogP contribution in [0, 0.1) is 0 Å². The number of rotatable bonds is 5. The van der Waals surface area contributed by atoms with Crippen molar-refractivity contribution >= 4 is 5.97 Å². The van der Waals surface area contributed by atoms with E-state index in [1.807, 2.05) is 12.1 Å². The molecule has 0 amide bonds. The molecule has 3 rings (SSSR count). The fourth-order valence-corrected chi connectivity index (χ4v) is 2.97. The number of carbonyl (C=O) groups excluding carboxylic acids is 1. The van der Waals surface area contributed by atoms with Crippen molar-refractivity contribution in [3.8, 4) is 5.75 Å². The van der Waals surface area contributed by atoms with Crippen molar-refractivity contribution < 1.29 is 19.5 Å². The van der Waals surface area contributed by atoms with Crippen LogP contribution in [0.25, 0.3) is 0 Å². The highest BCUT2D eigenvalue weighted by Gasteiger charge is 2.19. The fourth-order valence-electron chi connectivity index (χ4n) is 2.97. The summed E-state index contributed by atoms with van der Waals surface area (Å²) >= 11 is 0. The predicted octanol–water partition coefficient (Wildman–Crippen LogP) is -0.0435. The van der Waals surface area contributed by atoms with Gasteiger partial charge in [-0.15, -0.1) is 0 Å². The highest BCUT2D eigenvalue weighted by Crippen LogP contribution is 2.14. The molecule has 1 aliphatic heterocycles. The van der Waals surface area contributed by atoms with E-state index in [9.17, 15) is 9.90 Å². The molecule has 0 bridgehead atoms. The second-order valence-electron chi connectivity index (χ2n) is 5.68. The Bertz CT molecular complexity index is 669. The third kappa shape index (κ3) is 3.65. The first-order chi connectivity index (χ1) is 10.7. The Labute approximate surface area is 130 Å². The number of carboxylic acids is 1. The van der Waals surface area contributed by atoms with Gasteiger partial charge in [0, 0.05) is 17.5 Å². The molecule has 1 heterocycles. The number of carbonyl (C=O) groups is 1. The Morgan fingerprint density at radius 2 is 1.95 bits per heavy atom. The van der Waals surface area contributed by atoms with Gasteiger partial charge < -0.3 is 19.5 Å². The van der Waals surface area contributed by atoms with Crippen LogP contribution in [0.4, 0.5) is 0 Å². The molecule has 4 nitrogen and oxygen atoms in total. The molecular formula is C18H19NO3. The SMILES string of the molecule is O=C([O-])COc1cccc(C[NH+]2CCc3ccccc3C2)c1. The first-order valence-electron chi connectivity index (χ1n) is 7.52. The lowest BCUT2D eigenvalue weighted by Crippen LogP contribution is -3.10. The van der Waals surface area contributed by atoms with E-state index in [0.717, 1.165) is 31.6 Å². The molecule has 22 heavy (non-hydrogen) atoms. The summed E-state index contributed by atoms with van der Waals surface area (Å²) in [5.74, 6) is -0.623. The maximum absolute atomic E-state index is 10.5. The normalized spacial score (nSPS) is 16.8. The van der Waals surface area contributed by atoms with Gasteiger partial charge in [0.25, 0.3) is 0 Å². The number of hydrogen-bond donors (Lipinski definition) is 1. The summed E-state index contributed by atoms with van der Waals surface area (Å²) in [5, 5.41) is 10.5. The lowest BCUT2D eigenvalue weighted by Gasteiger charge is -2.26. The van der Waals surface area contributed by atoms with E-state index < -0.39 is 12.6 Å². The molecule has 2 aromatic rings. The van der Waals surface area contributed by atoms with E-state index in [1.54, 1.807) is 6.07 Å². The number of nitrogens with one attached hydrogen (secondary N) is 1. The van der Waals surface area contributed by atoms with Gasteiger partial charge in [0.1, 0.15) is 25.4 Å². The van der Waals surface area contributed by atoms with Crippen LogP contribution in [-0.4, -0.2) is 19.1 Å². The zero-order chi connectivity index (χ0) is 15.4. The topological polar surface area (TPSA) is 53.8 Å². The van der Waals surface area contributed by atoms with Crippen LogP contribution in [0.2, 0.25) is 0 Å². The monoisotopic (exact) mass is 297 g/mol. The van der Waals surface area contributed by atoms with Gasteiger partial charge in [-0.25, -0.2) is 0 Å². The average molecular weight is 297 g/mol. The molecule has 2 aromatic carbocycles. The number of aliphatic carboxylic acids is 1. The lowest BCUT2D eigenvalue weighted by molar-refractivity contribution is -0.929. The van der Waals surface area contributed by atoms with Gasteiger partial charge in [-0.1, -0.05) is 36.4 Å². The predicted molar refractivity (Wildman–Crippen MR) is 80.3 cm³/mol. The van der Waals surface area contributed by atoms with Crippen LogP contribution >= 0.6 is 0 Å². The minimum atomic E-state index is -1.20. The van der Waals surface area contributed by atoms with Gasteiger partial charge in [0.15, 0.2) is 0 Å². The Morgan fingerprint density at radius 1 is 1.14 bits per heavy atom. The van der Waals surface area contributed by atoms with Crippen LogP contribution in [0.1, 0.15) is 16.7 Å². The van der Waals surface area contributed by atoms with Crippen molar-refractivity contribution in [1.82, 2.24) is 0 Å². The van der Waals surface area contributed by atoms with Gasteiger partial charge in [-0.3, -0.25) is 0 Å². The van der Waals surface area contributed by atoms with E-state index in [1.165, 1.54) is 16.0 Å². The van der Waals surface area contributed by atoms with E-state index >= 15 is 0 Å². The van der Waals surface area contributed by atoms with Crippen LogP contribution in [0.5, 0.6) is 5.75 Å². The maximum Gasteiger partial charge on any atom is 0.128 e. The first-order valence-corrected chi connectivity index (χ1v) is 7.52. The quantitative estimate of drug-likeness (QED) is 0.842. The smallest absolute Gasteiger partial charge is 0.128 e. The summed E-state index contributed by atoms with van der Waals surface area (Å²) in [7, 11) is 0. The second-order valence-corrected chi connectivity index (χ2v) is 5.68. The Balaban J connectivity index is 1.64. The average Bonchev–Trinajstić information content (AvgIpc) is 2.53. The molecule has 4 heteroatoms. The summed E-state index contributed by atoms with van der Waals surface area (Å²) in [6.07, 6.45) is 1.10. The largest absolute Gasteiger partial charge is 0.546 e. The van der Waals surface area contributed by atoms with E-state index in [2.05, 4.69) is 30.3 Å². The third-order valence-electron chi connectivity index (χ3n) is 4.02. The van der Waals surface area contributed by atoms with Gasteiger partial charge in [0.05, 0.1) is 12.5 Å². The molecule has 0 saturated heterocycles. The highest BCUT2D eigenvalue weighted by molar-refractivity contribution is 5.66. The molecule has 1 unspecified atom stereocenters. The van der Waals surface area contributed by atoms with Crippen LogP contribution in [-0.2, 0) is 24.3 Å². The summed E-state index contributed by atoms with van der Waals surface area (Å²) in [5.41, 5.74) is 4.04. The van der Waals surface area contributed by atoms with Crippen molar-refractivity contribution in [3.05, 3.63) is 65.2 Å². The molecule has 0 radical (unpaired) electrons. The van der Waals surface area contributed by atoms with Crippen molar-refractivity contribution in [2.24, 2.45) is 0 Å². The molecule has 0 aromatic heterocycles. The van der Waals surface area contributed by atoms with E-state index in [-0.39, 0.29) is 0 Å². The Kier molecular flexibility index (Phi) is 4.39. The number of carboxylic acid groups (broad SMARTS) is 1. The minimum Gasteiger partial charge on any atom is -0.546 e. The van der Waals surface area contributed by atoms with Gasteiger partial charge in [0.2, 0.25) is 0 Å². The van der Waals surface area contributed by atoms with Crippen LogP contribution < -0.4 is 14.7 Å². The van der Waals surface area contributed by atoms with Crippen LogP contribution in [0.3, 0.4) is 0 Å². The number of benzene rings is 2. The number of ether oxygens (including phenoxy) is 1. The summed E-state index contributed by atoms with van der Waals surface area (Å²) in [4.78, 5) is 12.0. The van der Waals surface area contributed by atoms with Crippen molar-refractivity contribution in [2.45, 2.75) is 19.5 Å². The minimum absolute atomic E-state index is 0.409. The first kappa shape index (κ1) is 14.6. The van der Waals surface area contributed by atoms with E-state index in [4.69, 9.17) is 4.74 Å². The molecule has 1 aliphatic rings. The summed E-state index contributed by atoms with van der Waals surface area (Å²) < 4.78 is 5.18. The van der Waals surface area contributed by atoms with Gasteiger partial charge in [-0.2, -0.15) is 0 Å². The third-order valence-corrected chi connectivity index (χ3v) is 4.02. The molecule has 0 saturated carbocycles. The molecule has 114 valence electrons. The van der Waals surface area contributed by atoms with Crippen molar-refractivity contribution in [2.75, 3.05) is 13.2 Å². The lowest BCUT2D eigenvalue weighted by atomic mass is 9.99. The Hall–Kier alpha value is -2.33. The van der Waals surface area contributed by atoms with E-state index in [0.29, 0.717) is 5.75 Å². The molecular weight excluding hydrogens is 278 g/mol. The number of quaternary nitrogens is 1. The maximum atomic E-state index is 10.5.